The Bertz CT molecular complexity index is 1030. The Morgan fingerprint density at radius 1 is 0.774 bits per heavy atom. The van der Waals surface area contributed by atoms with Gasteiger partial charge in [0.25, 0.3) is 5.91 Å². The Balaban J connectivity index is 1.54. The van der Waals surface area contributed by atoms with Crippen molar-refractivity contribution in [3.05, 3.63) is 89.5 Å². The lowest BCUT2D eigenvalue weighted by molar-refractivity contribution is -0.114. The number of rotatable bonds is 6. The molecule has 3 rings (SSSR count). The molecule has 5 heteroatoms. The summed E-state index contributed by atoms with van der Waals surface area (Å²) in [5.41, 5.74) is 4.26. The summed E-state index contributed by atoms with van der Waals surface area (Å²) in [6, 6.07) is 22.5. The summed E-state index contributed by atoms with van der Waals surface area (Å²) in [4.78, 5) is 23.5. The molecule has 0 saturated heterocycles. The van der Waals surface area contributed by atoms with Crippen LogP contribution < -0.4 is 15.4 Å². The third-order valence-corrected chi connectivity index (χ3v) is 4.81. The lowest BCUT2D eigenvalue weighted by Crippen LogP contribution is -2.12. The molecule has 3 aromatic rings. The molecule has 160 valence electrons. The molecule has 0 aromatic heterocycles. The third-order valence-electron chi connectivity index (χ3n) is 4.81. The van der Waals surface area contributed by atoms with E-state index >= 15 is 0 Å². The fraction of sp³-hybridized carbons (Fsp3) is 0.231. The number of anilines is 2. The van der Waals surface area contributed by atoms with Crippen LogP contribution in [0.5, 0.6) is 5.75 Å². The molecule has 31 heavy (non-hydrogen) atoms. The van der Waals surface area contributed by atoms with Crippen molar-refractivity contribution in [2.75, 3.05) is 10.6 Å². The molecule has 2 N–H and O–H groups in total. The van der Waals surface area contributed by atoms with Crippen LogP contribution in [0.15, 0.2) is 72.8 Å². The highest BCUT2D eigenvalue weighted by Gasteiger charge is 2.13. The maximum Gasteiger partial charge on any atom is 0.255 e. The van der Waals surface area contributed by atoms with E-state index in [-0.39, 0.29) is 17.2 Å². The SMILES string of the molecule is CC(=O)Nc1ccc(NC(=O)c2ccc(COc3ccc(C(C)(C)C)cc3)cc2)cc1. The molecule has 0 bridgehead atoms. The summed E-state index contributed by atoms with van der Waals surface area (Å²) in [5, 5.41) is 5.54. The number of hydrogen-bond donors (Lipinski definition) is 2. The van der Waals surface area contributed by atoms with Gasteiger partial charge in [-0.25, -0.2) is 0 Å². The summed E-state index contributed by atoms with van der Waals surface area (Å²) in [7, 11) is 0. The summed E-state index contributed by atoms with van der Waals surface area (Å²) in [5.74, 6) is 0.484. The molecule has 0 spiro atoms. The number of nitrogens with one attached hydrogen (secondary N) is 2. The Hall–Kier alpha value is -3.60. The second-order valence-electron chi connectivity index (χ2n) is 8.47. The largest absolute Gasteiger partial charge is 0.489 e. The van der Waals surface area contributed by atoms with E-state index in [2.05, 4.69) is 43.5 Å². The van der Waals surface area contributed by atoms with E-state index in [0.29, 0.717) is 23.5 Å². The van der Waals surface area contributed by atoms with Gasteiger partial charge >= 0.3 is 0 Å². The van der Waals surface area contributed by atoms with Crippen molar-refractivity contribution < 1.29 is 14.3 Å². The smallest absolute Gasteiger partial charge is 0.255 e. The molecule has 0 aliphatic heterocycles. The zero-order valence-corrected chi connectivity index (χ0v) is 18.4. The van der Waals surface area contributed by atoms with E-state index in [4.69, 9.17) is 4.74 Å². The molecule has 0 radical (unpaired) electrons. The van der Waals surface area contributed by atoms with Gasteiger partial charge in [-0.2, -0.15) is 0 Å². The molecular weight excluding hydrogens is 388 g/mol. The highest BCUT2D eigenvalue weighted by atomic mass is 16.5. The summed E-state index contributed by atoms with van der Waals surface area (Å²) < 4.78 is 5.86. The monoisotopic (exact) mass is 416 g/mol. The first-order valence-electron chi connectivity index (χ1n) is 10.2. The van der Waals surface area contributed by atoms with E-state index in [0.717, 1.165) is 11.3 Å². The van der Waals surface area contributed by atoms with Crippen molar-refractivity contribution in [3.63, 3.8) is 0 Å². The average molecular weight is 417 g/mol. The zero-order chi connectivity index (χ0) is 22.4. The molecular formula is C26H28N2O3. The van der Waals surface area contributed by atoms with Crippen LogP contribution >= 0.6 is 0 Å². The fourth-order valence-corrected chi connectivity index (χ4v) is 3.01. The van der Waals surface area contributed by atoms with Gasteiger partial charge in [-0.3, -0.25) is 9.59 Å². The van der Waals surface area contributed by atoms with Gasteiger partial charge in [0.1, 0.15) is 12.4 Å². The lowest BCUT2D eigenvalue weighted by atomic mass is 9.87. The van der Waals surface area contributed by atoms with E-state index in [1.807, 2.05) is 24.3 Å². The minimum Gasteiger partial charge on any atom is -0.489 e. The number of carbonyl (C=O) groups is 2. The minimum atomic E-state index is -0.197. The van der Waals surface area contributed by atoms with Crippen LogP contribution in [-0.2, 0) is 16.8 Å². The second kappa shape index (κ2) is 9.47. The fourth-order valence-electron chi connectivity index (χ4n) is 3.01. The van der Waals surface area contributed by atoms with Crippen LogP contribution in [0.25, 0.3) is 0 Å². The van der Waals surface area contributed by atoms with E-state index in [1.54, 1.807) is 36.4 Å². The molecule has 0 unspecified atom stereocenters. The van der Waals surface area contributed by atoms with Gasteiger partial charge in [0, 0.05) is 23.9 Å². The number of hydrogen-bond acceptors (Lipinski definition) is 3. The molecule has 0 aliphatic rings. The topological polar surface area (TPSA) is 67.4 Å². The summed E-state index contributed by atoms with van der Waals surface area (Å²) in [6.07, 6.45) is 0. The number of amides is 2. The molecule has 0 saturated carbocycles. The predicted octanol–water partition coefficient (Wildman–Crippen LogP) is 5.77. The van der Waals surface area contributed by atoms with Gasteiger partial charge < -0.3 is 15.4 Å². The van der Waals surface area contributed by atoms with E-state index < -0.39 is 0 Å². The van der Waals surface area contributed by atoms with Crippen LogP contribution in [0.1, 0.15) is 49.2 Å². The van der Waals surface area contributed by atoms with Gasteiger partial charge in [-0.15, -0.1) is 0 Å². The average Bonchev–Trinajstić information content (AvgIpc) is 2.73. The Morgan fingerprint density at radius 3 is 1.84 bits per heavy atom. The zero-order valence-electron chi connectivity index (χ0n) is 18.4. The molecule has 0 heterocycles. The van der Waals surface area contributed by atoms with Gasteiger partial charge in [0.2, 0.25) is 5.91 Å². The number of benzene rings is 3. The van der Waals surface area contributed by atoms with Gasteiger partial charge in [0.15, 0.2) is 0 Å². The maximum absolute atomic E-state index is 12.5. The molecule has 5 nitrogen and oxygen atoms in total. The van der Waals surface area contributed by atoms with Crippen molar-refractivity contribution in [3.8, 4) is 5.75 Å². The molecule has 0 atom stereocenters. The Morgan fingerprint density at radius 2 is 1.32 bits per heavy atom. The van der Waals surface area contributed by atoms with Gasteiger partial charge in [-0.05, 0) is 65.1 Å². The van der Waals surface area contributed by atoms with E-state index in [1.165, 1.54) is 12.5 Å². The first-order valence-corrected chi connectivity index (χ1v) is 10.2. The van der Waals surface area contributed by atoms with Crippen LogP contribution in [0.2, 0.25) is 0 Å². The maximum atomic E-state index is 12.5. The standard InChI is InChI=1S/C26H28N2O3/c1-18(29)27-22-11-13-23(14-12-22)28-25(30)20-7-5-19(6-8-20)17-31-24-15-9-21(10-16-24)26(2,3)4/h5-16H,17H2,1-4H3,(H,27,29)(H,28,30). The number of carbonyl (C=O) groups excluding carboxylic acids is 2. The van der Waals surface area contributed by atoms with Crippen LogP contribution in [-0.4, -0.2) is 11.8 Å². The molecule has 0 fully saturated rings. The highest BCUT2D eigenvalue weighted by molar-refractivity contribution is 6.04. The van der Waals surface area contributed by atoms with Crippen molar-refractivity contribution in [1.82, 2.24) is 0 Å². The quantitative estimate of drug-likeness (QED) is 0.536. The van der Waals surface area contributed by atoms with Gasteiger partial charge in [0.05, 0.1) is 0 Å². The summed E-state index contributed by atoms with van der Waals surface area (Å²) >= 11 is 0. The Labute approximate surface area is 183 Å². The molecule has 3 aromatic carbocycles. The first kappa shape index (κ1) is 22.1. The number of ether oxygens (including phenoxy) is 1. The normalized spacial score (nSPS) is 11.0. The third kappa shape index (κ3) is 6.44. The van der Waals surface area contributed by atoms with Gasteiger partial charge in [-0.1, -0.05) is 45.0 Å². The first-order chi connectivity index (χ1) is 14.7. The van der Waals surface area contributed by atoms with Crippen molar-refractivity contribution in [1.29, 1.82) is 0 Å². The van der Waals surface area contributed by atoms with Crippen molar-refractivity contribution in [2.45, 2.75) is 39.7 Å². The predicted molar refractivity (Wildman–Crippen MR) is 125 cm³/mol. The van der Waals surface area contributed by atoms with Crippen LogP contribution in [0, 0.1) is 0 Å². The molecule has 0 aliphatic carbocycles. The second-order valence-corrected chi connectivity index (χ2v) is 8.47. The van der Waals surface area contributed by atoms with Crippen LogP contribution in [0.4, 0.5) is 11.4 Å². The minimum absolute atomic E-state index is 0.114. The lowest BCUT2D eigenvalue weighted by Gasteiger charge is -2.19. The Kier molecular flexibility index (Phi) is 6.75. The van der Waals surface area contributed by atoms with E-state index in [9.17, 15) is 9.59 Å². The summed E-state index contributed by atoms with van der Waals surface area (Å²) in [6.45, 7) is 8.43. The molecule has 2 amide bonds. The van der Waals surface area contributed by atoms with Crippen LogP contribution in [0.3, 0.4) is 0 Å². The van der Waals surface area contributed by atoms with Crippen molar-refractivity contribution >= 4 is 23.2 Å². The highest BCUT2D eigenvalue weighted by Crippen LogP contribution is 2.24. The van der Waals surface area contributed by atoms with Crippen molar-refractivity contribution in [2.24, 2.45) is 0 Å².